The largest absolute Gasteiger partial charge is 0.368 e. The maximum atomic E-state index is 13.2. The first-order chi connectivity index (χ1) is 7.16. The van der Waals surface area contributed by atoms with Crippen molar-refractivity contribution in [3.63, 3.8) is 0 Å². The van der Waals surface area contributed by atoms with Gasteiger partial charge in [0.15, 0.2) is 11.0 Å². The fraction of sp³-hybridized carbons (Fsp3) is 0.143. The molecule has 0 bridgehead atoms. The molecular weight excluding hydrogens is 219 g/mol. The molecule has 2 N–H and O–H groups in total. The Morgan fingerprint density at radius 2 is 2.27 bits per heavy atom. The number of nitrogen functional groups attached to an aromatic ring is 1. The maximum Gasteiger partial charge on any atom is 0.221 e. The van der Waals surface area contributed by atoms with Crippen LogP contribution < -0.4 is 5.73 Å². The molecule has 2 rings (SSSR count). The van der Waals surface area contributed by atoms with Crippen LogP contribution in [-0.2, 0) is 7.05 Å². The zero-order chi connectivity index (χ0) is 10.8. The first kappa shape index (κ1) is 9.84. The van der Waals surface area contributed by atoms with Crippen LogP contribution in [-0.4, -0.2) is 24.7 Å². The fourth-order valence-electron chi connectivity index (χ4n) is 0.900. The van der Waals surface area contributed by atoms with Crippen molar-refractivity contribution < 1.29 is 4.39 Å². The van der Waals surface area contributed by atoms with Gasteiger partial charge in [-0.25, -0.2) is 24.0 Å². The van der Waals surface area contributed by atoms with Crippen LogP contribution in [0.5, 0.6) is 0 Å². The first-order valence-corrected chi connectivity index (χ1v) is 4.78. The SMILES string of the molecule is Cn1ncnc1Sc1nc(N)ncc1F. The Morgan fingerprint density at radius 3 is 2.93 bits per heavy atom. The van der Waals surface area contributed by atoms with Gasteiger partial charge in [0.2, 0.25) is 5.95 Å². The molecule has 78 valence electrons. The number of aromatic nitrogens is 5. The third kappa shape index (κ3) is 2.04. The predicted molar refractivity (Wildman–Crippen MR) is 51.5 cm³/mol. The van der Waals surface area contributed by atoms with Gasteiger partial charge in [-0.1, -0.05) is 0 Å². The van der Waals surface area contributed by atoms with E-state index in [0.717, 1.165) is 18.0 Å². The highest BCUT2D eigenvalue weighted by Gasteiger charge is 2.10. The molecule has 0 atom stereocenters. The summed E-state index contributed by atoms with van der Waals surface area (Å²) in [6.45, 7) is 0. The van der Waals surface area contributed by atoms with E-state index < -0.39 is 5.82 Å². The second-order valence-corrected chi connectivity index (χ2v) is 3.61. The molecule has 0 amide bonds. The molecule has 2 heterocycles. The smallest absolute Gasteiger partial charge is 0.221 e. The number of halogens is 1. The second kappa shape index (κ2) is 3.81. The minimum Gasteiger partial charge on any atom is -0.368 e. The molecule has 6 nitrogen and oxygen atoms in total. The van der Waals surface area contributed by atoms with Gasteiger partial charge in [-0.2, -0.15) is 5.10 Å². The van der Waals surface area contributed by atoms with Crippen LogP contribution >= 0.6 is 11.8 Å². The molecule has 0 fully saturated rings. The van der Waals surface area contributed by atoms with Crippen LogP contribution in [0.4, 0.5) is 10.3 Å². The number of nitrogens with zero attached hydrogens (tertiary/aromatic N) is 5. The molecule has 2 aromatic heterocycles. The Bertz CT molecular complexity index is 484. The van der Waals surface area contributed by atoms with Gasteiger partial charge in [0, 0.05) is 7.05 Å². The van der Waals surface area contributed by atoms with Gasteiger partial charge in [-0.15, -0.1) is 0 Å². The topological polar surface area (TPSA) is 82.5 Å². The van der Waals surface area contributed by atoms with Gasteiger partial charge in [-0.3, -0.25) is 0 Å². The van der Waals surface area contributed by atoms with Gasteiger partial charge in [-0.05, 0) is 11.8 Å². The van der Waals surface area contributed by atoms with Crippen LogP contribution in [0, 0.1) is 5.82 Å². The van der Waals surface area contributed by atoms with Crippen molar-refractivity contribution in [3.8, 4) is 0 Å². The van der Waals surface area contributed by atoms with Crippen LogP contribution in [0.15, 0.2) is 22.7 Å². The van der Waals surface area contributed by atoms with Crippen LogP contribution in [0.2, 0.25) is 0 Å². The molecule has 0 aliphatic heterocycles. The van der Waals surface area contributed by atoms with Crippen molar-refractivity contribution in [1.29, 1.82) is 0 Å². The molecule has 15 heavy (non-hydrogen) atoms. The summed E-state index contributed by atoms with van der Waals surface area (Å²) in [6.07, 6.45) is 2.41. The highest BCUT2D eigenvalue weighted by atomic mass is 32.2. The van der Waals surface area contributed by atoms with E-state index in [-0.39, 0.29) is 11.0 Å². The van der Waals surface area contributed by atoms with Crippen molar-refractivity contribution in [2.24, 2.45) is 7.05 Å². The van der Waals surface area contributed by atoms with E-state index in [4.69, 9.17) is 5.73 Å². The molecule has 8 heteroatoms. The van der Waals surface area contributed by atoms with E-state index in [1.165, 1.54) is 11.0 Å². The van der Waals surface area contributed by atoms with Gasteiger partial charge < -0.3 is 5.73 Å². The third-order valence-electron chi connectivity index (χ3n) is 1.59. The monoisotopic (exact) mass is 226 g/mol. The summed E-state index contributed by atoms with van der Waals surface area (Å²) in [4.78, 5) is 11.2. The van der Waals surface area contributed by atoms with Crippen molar-refractivity contribution in [2.45, 2.75) is 10.2 Å². The van der Waals surface area contributed by atoms with Gasteiger partial charge in [0.1, 0.15) is 11.4 Å². The number of hydrogen-bond donors (Lipinski definition) is 1. The highest BCUT2D eigenvalue weighted by Crippen LogP contribution is 2.25. The number of hydrogen-bond acceptors (Lipinski definition) is 6. The molecule has 0 spiro atoms. The number of aryl methyl sites for hydroxylation is 1. The minimum atomic E-state index is -0.530. The molecule has 0 aliphatic carbocycles. The minimum absolute atomic E-state index is 0.0288. The molecule has 0 saturated carbocycles. The molecule has 0 unspecified atom stereocenters. The van der Waals surface area contributed by atoms with E-state index in [1.54, 1.807) is 7.05 Å². The van der Waals surface area contributed by atoms with Crippen molar-refractivity contribution >= 4 is 17.7 Å². The van der Waals surface area contributed by atoms with Gasteiger partial charge in [0.05, 0.1) is 6.20 Å². The Morgan fingerprint density at radius 1 is 1.47 bits per heavy atom. The lowest BCUT2D eigenvalue weighted by Gasteiger charge is -2.01. The van der Waals surface area contributed by atoms with E-state index >= 15 is 0 Å². The standard InChI is InChI=1S/C7H7FN6S/c1-14-7(11-3-12-14)15-5-4(8)2-10-6(9)13-5/h2-3H,1H3,(H2,9,10,13). The van der Waals surface area contributed by atoms with Crippen LogP contribution in [0.25, 0.3) is 0 Å². The van der Waals surface area contributed by atoms with Crippen molar-refractivity contribution in [3.05, 3.63) is 18.3 Å². The molecule has 0 aromatic carbocycles. The average molecular weight is 226 g/mol. The number of anilines is 1. The normalized spacial score (nSPS) is 10.5. The molecule has 2 aromatic rings. The zero-order valence-corrected chi connectivity index (χ0v) is 8.57. The van der Waals surface area contributed by atoms with Crippen LogP contribution in [0.3, 0.4) is 0 Å². The Kier molecular flexibility index (Phi) is 2.50. The molecular formula is C7H7FN6S. The quantitative estimate of drug-likeness (QED) is 0.750. The summed E-state index contributed by atoms with van der Waals surface area (Å²) in [7, 11) is 1.71. The highest BCUT2D eigenvalue weighted by molar-refractivity contribution is 7.99. The van der Waals surface area contributed by atoms with Crippen LogP contribution in [0.1, 0.15) is 0 Å². The molecule has 0 aliphatic rings. The maximum absolute atomic E-state index is 13.2. The van der Waals surface area contributed by atoms with E-state index in [9.17, 15) is 4.39 Å². The van der Waals surface area contributed by atoms with Gasteiger partial charge in [0.25, 0.3) is 0 Å². The second-order valence-electron chi connectivity index (χ2n) is 2.65. The Hall–Kier alpha value is -1.70. The predicted octanol–water partition coefficient (Wildman–Crippen LogP) is 0.478. The van der Waals surface area contributed by atoms with Crippen molar-refractivity contribution in [1.82, 2.24) is 24.7 Å². The fourth-order valence-corrected chi connectivity index (χ4v) is 1.64. The molecule has 0 radical (unpaired) electrons. The first-order valence-electron chi connectivity index (χ1n) is 3.96. The number of nitrogens with two attached hydrogens (primary N) is 1. The third-order valence-corrected chi connectivity index (χ3v) is 2.62. The summed E-state index contributed by atoms with van der Waals surface area (Å²) in [5.41, 5.74) is 5.35. The lowest BCUT2D eigenvalue weighted by atomic mass is 10.6. The summed E-state index contributed by atoms with van der Waals surface area (Å²) < 4.78 is 14.8. The Labute approximate surface area is 88.7 Å². The summed E-state index contributed by atoms with van der Waals surface area (Å²) in [5, 5.41) is 4.52. The lowest BCUT2D eigenvalue weighted by Crippen LogP contribution is -1.99. The lowest BCUT2D eigenvalue weighted by molar-refractivity contribution is 0.579. The van der Waals surface area contributed by atoms with E-state index in [0.29, 0.717) is 5.16 Å². The zero-order valence-electron chi connectivity index (χ0n) is 7.75. The van der Waals surface area contributed by atoms with E-state index in [2.05, 4.69) is 20.1 Å². The van der Waals surface area contributed by atoms with Gasteiger partial charge >= 0.3 is 0 Å². The van der Waals surface area contributed by atoms with Crippen molar-refractivity contribution in [2.75, 3.05) is 5.73 Å². The number of rotatable bonds is 2. The molecule has 0 saturated heterocycles. The van der Waals surface area contributed by atoms with E-state index in [1.807, 2.05) is 0 Å². The average Bonchev–Trinajstić information content (AvgIpc) is 2.58. The summed E-state index contributed by atoms with van der Waals surface area (Å²) in [6, 6.07) is 0. The Balaban J connectivity index is 2.32. The summed E-state index contributed by atoms with van der Waals surface area (Å²) in [5.74, 6) is -0.502. The summed E-state index contributed by atoms with van der Waals surface area (Å²) >= 11 is 1.04.